The molecule has 4 nitrogen and oxygen atoms in total. The Bertz CT molecular complexity index is 284. The molecule has 0 spiro atoms. The zero-order valence-electron chi connectivity index (χ0n) is 8.65. The zero-order valence-corrected chi connectivity index (χ0v) is 9.47. The van der Waals surface area contributed by atoms with Crippen molar-refractivity contribution >= 4 is 17.4 Å². The third-order valence-electron chi connectivity index (χ3n) is 1.64. The van der Waals surface area contributed by atoms with Crippen molar-refractivity contribution in [1.82, 2.24) is 15.2 Å². The van der Waals surface area contributed by atoms with Crippen LogP contribution in [0.5, 0.6) is 0 Å². The van der Waals surface area contributed by atoms with Crippen molar-refractivity contribution in [3.8, 4) is 0 Å². The summed E-state index contributed by atoms with van der Waals surface area (Å²) in [6.45, 7) is 4.44. The Morgan fingerprint density at radius 3 is 2.93 bits per heavy atom. The number of amides is 2. The van der Waals surface area contributed by atoms with E-state index in [0.717, 1.165) is 5.69 Å². The van der Waals surface area contributed by atoms with Crippen LogP contribution in [0.3, 0.4) is 0 Å². The zero-order chi connectivity index (χ0) is 10.6. The number of thiazole rings is 1. The fourth-order valence-corrected chi connectivity index (χ4v) is 1.54. The van der Waals surface area contributed by atoms with Crippen molar-refractivity contribution in [2.45, 2.75) is 26.4 Å². The quantitative estimate of drug-likeness (QED) is 0.830. The van der Waals surface area contributed by atoms with E-state index < -0.39 is 0 Å². The Hall–Kier alpha value is -1.10. The van der Waals surface area contributed by atoms with Crippen LogP contribution >= 0.6 is 11.3 Å². The van der Waals surface area contributed by atoms with Gasteiger partial charge in [-0.2, -0.15) is 0 Å². The number of aromatic nitrogens is 1. The number of carbonyl (C=O) groups is 1. The lowest BCUT2D eigenvalue weighted by atomic mass is 10.4. The molecule has 1 N–H and O–H groups in total. The number of nitrogens with one attached hydrogen (secondary N) is 1. The summed E-state index contributed by atoms with van der Waals surface area (Å²) in [5.41, 5.74) is 2.69. The summed E-state index contributed by atoms with van der Waals surface area (Å²) in [5.74, 6) is 0. The minimum Gasteiger partial charge on any atom is -0.336 e. The van der Waals surface area contributed by atoms with Crippen molar-refractivity contribution in [1.29, 1.82) is 0 Å². The highest BCUT2D eigenvalue weighted by Gasteiger charge is 2.10. The van der Waals surface area contributed by atoms with Crippen LogP contribution in [0.1, 0.15) is 19.5 Å². The van der Waals surface area contributed by atoms with Gasteiger partial charge in [0.2, 0.25) is 0 Å². The molecule has 1 heterocycles. The summed E-state index contributed by atoms with van der Waals surface area (Å²) in [7, 11) is 1.76. The first kappa shape index (κ1) is 11.0. The van der Waals surface area contributed by atoms with E-state index in [4.69, 9.17) is 0 Å². The topological polar surface area (TPSA) is 45.2 Å². The molecule has 0 aliphatic carbocycles. The van der Waals surface area contributed by atoms with Gasteiger partial charge in [-0.1, -0.05) is 0 Å². The van der Waals surface area contributed by atoms with Crippen LogP contribution in [0.15, 0.2) is 10.9 Å². The molecule has 1 aromatic rings. The highest BCUT2D eigenvalue weighted by Crippen LogP contribution is 2.04. The predicted octanol–water partition coefficient (Wildman–Crippen LogP) is 1.69. The molecule has 0 unspecified atom stereocenters. The maximum absolute atomic E-state index is 11.5. The van der Waals surface area contributed by atoms with Gasteiger partial charge in [0, 0.05) is 18.5 Å². The normalized spacial score (nSPS) is 10.3. The first-order valence-corrected chi connectivity index (χ1v) is 5.42. The molecule has 78 valence electrons. The van der Waals surface area contributed by atoms with Crippen LogP contribution in [-0.2, 0) is 6.54 Å². The lowest BCUT2D eigenvalue weighted by molar-refractivity contribution is 0.204. The number of nitrogens with zero attached hydrogens (tertiary/aromatic N) is 2. The molecule has 2 amide bonds. The van der Waals surface area contributed by atoms with E-state index in [1.54, 1.807) is 17.5 Å². The van der Waals surface area contributed by atoms with Gasteiger partial charge in [0.05, 0.1) is 17.7 Å². The smallest absolute Gasteiger partial charge is 0.317 e. The molecule has 0 radical (unpaired) electrons. The van der Waals surface area contributed by atoms with Gasteiger partial charge in [-0.15, -0.1) is 11.3 Å². The maximum Gasteiger partial charge on any atom is 0.317 e. The van der Waals surface area contributed by atoms with E-state index in [-0.39, 0.29) is 12.1 Å². The molecular weight excluding hydrogens is 198 g/mol. The van der Waals surface area contributed by atoms with Gasteiger partial charge in [-0.3, -0.25) is 0 Å². The van der Waals surface area contributed by atoms with E-state index in [2.05, 4.69) is 10.3 Å². The molecule has 0 saturated heterocycles. The molecule has 0 aliphatic rings. The van der Waals surface area contributed by atoms with E-state index in [1.165, 1.54) is 11.3 Å². The average molecular weight is 213 g/mol. The second-order valence-electron chi connectivity index (χ2n) is 3.44. The van der Waals surface area contributed by atoms with Gasteiger partial charge in [-0.25, -0.2) is 9.78 Å². The van der Waals surface area contributed by atoms with Crippen LogP contribution in [0.25, 0.3) is 0 Å². The van der Waals surface area contributed by atoms with Crippen molar-refractivity contribution in [3.63, 3.8) is 0 Å². The molecule has 1 rings (SSSR count). The second kappa shape index (κ2) is 4.95. The number of hydrogen-bond acceptors (Lipinski definition) is 3. The lowest BCUT2D eigenvalue weighted by Gasteiger charge is -2.18. The van der Waals surface area contributed by atoms with Crippen LogP contribution < -0.4 is 5.32 Å². The third kappa shape index (κ3) is 3.33. The van der Waals surface area contributed by atoms with E-state index in [1.807, 2.05) is 19.2 Å². The number of urea groups is 1. The average Bonchev–Trinajstić information content (AvgIpc) is 2.55. The first-order valence-electron chi connectivity index (χ1n) is 4.48. The standard InChI is InChI=1S/C9H15N3OS/c1-7(2)11-9(13)12(3)4-8-5-14-6-10-8/h5-7H,4H2,1-3H3,(H,11,13). The van der Waals surface area contributed by atoms with Gasteiger partial charge < -0.3 is 10.2 Å². The van der Waals surface area contributed by atoms with E-state index in [9.17, 15) is 4.79 Å². The Balaban J connectivity index is 2.42. The minimum absolute atomic E-state index is 0.0620. The highest BCUT2D eigenvalue weighted by atomic mass is 32.1. The SMILES string of the molecule is CC(C)NC(=O)N(C)Cc1cscn1. The number of rotatable bonds is 3. The van der Waals surface area contributed by atoms with Crippen LogP contribution in [-0.4, -0.2) is 29.0 Å². The molecule has 0 fully saturated rings. The molecule has 1 aromatic heterocycles. The monoisotopic (exact) mass is 213 g/mol. The van der Waals surface area contributed by atoms with Gasteiger partial charge in [0.25, 0.3) is 0 Å². The molecule has 0 saturated carbocycles. The first-order chi connectivity index (χ1) is 6.59. The number of hydrogen-bond donors (Lipinski definition) is 1. The van der Waals surface area contributed by atoms with Crippen molar-refractivity contribution in [3.05, 3.63) is 16.6 Å². The molecule has 0 bridgehead atoms. The molecular formula is C9H15N3OS. The molecule has 0 atom stereocenters. The van der Waals surface area contributed by atoms with Gasteiger partial charge >= 0.3 is 6.03 Å². The van der Waals surface area contributed by atoms with Crippen LogP contribution in [0.4, 0.5) is 4.79 Å². The molecule has 0 aliphatic heterocycles. The van der Waals surface area contributed by atoms with Gasteiger partial charge in [0.1, 0.15) is 0 Å². The maximum atomic E-state index is 11.5. The van der Waals surface area contributed by atoms with Crippen LogP contribution in [0.2, 0.25) is 0 Å². The summed E-state index contributed by atoms with van der Waals surface area (Å²) in [6, 6.07) is 0.105. The Morgan fingerprint density at radius 2 is 2.43 bits per heavy atom. The van der Waals surface area contributed by atoms with Crippen molar-refractivity contribution < 1.29 is 4.79 Å². The molecule has 5 heteroatoms. The largest absolute Gasteiger partial charge is 0.336 e. The summed E-state index contributed by atoms with van der Waals surface area (Å²) in [5, 5.41) is 4.76. The lowest BCUT2D eigenvalue weighted by Crippen LogP contribution is -2.40. The van der Waals surface area contributed by atoms with E-state index in [0.29, 0.717) is 6.54 Å². The number of carbonyl (C=O) groups excluding carboxylic acids is 1. The van der Waals surface area contributed by atoms with Crippen molar-refractivity contribution in [2.75, 3.05) is 7.05 Å². The summed E-state index contributed by atoms with van der Waals surface area (Å²) in [6.07, 6.45) is 0. The highest BCUT2D eigenvalue weighted by molar-refractivity contribution is 7.07. The molecule has 14 heavy (non-hydrogen) atoms. The fraction of sp³-hybridized carbons (Fsp3) is 0.556. The fourth-order valence-electron chi connectivity index (χ4n) is 0.988. The van der Waals surface area contributed by atoms with Crippen molar-refractivity contribution in [2.24, 2.45) is 0 Å². The summed E-state index contributed by atoms with van der Waals surface area (Å²) >= 11 is 1.54. The van der Waals surface area contributed by atoms with Gasteiger partial charge in [-0.05, 0) is 13.8 Å². The van der Waals surface area contributed by atoms with Gasteiger partial charge in [0.15, 0.2) is 0 Å². The Labute approximate surface area is 88.0 Å². The minimum atomic E-state index is -0.0620. The predicted molar refractivity (Wildman–Crippen MR) is 57.2 cm³/mol. The Kier molecular flexibility index (Phi) is 3.88. The Morgan fingerprint density at radius 1 is 1.71 bits per heavy atom. The summed E-state index contributed by atoms with van der Waals surface area (Å²) in [4.78, 5) is 17.2. The second-order valence-corrected chi connectivity index (χ2v) is 4.16. The third-order valence-corrected chi connectivity index (χ3v) is 2.28. The van der Waals surface area contributed by atoms with Crippen LogP contribution in [0, 0.1) is 0 Å². The molecule has 0 aromatic carbocycles. The van der Waals surface area contributed by atoms with E-state index >= 15 is 0 Å². The summed E-state index contributed by atoms with van der Waals surface area (Å²) < 4.78 is 0.